The minimum atomic E-state index is 0.687. The Morgan fingerprint density at radius 3 is 2.42 bits per heavy atom. The van der Waals surface area contributed by atoms with Crippen molar-refractivity contribution in [3.05, 3.63) is 77.6 Å². The van der Waals surface area contributed by atoms with Crippen LogP contribution in [0.4, 0.5) is 0 Å². The summed E-state index contributed by atoms with van der Waals surface area (Å²) in [4.78, 5) is 14.7. The molecule has 3 heteroatoms. The molecule has 0 spiro atoms. The van der Waals surface area contributed by atoms with Gasteiger partial charge in [-0.15, -0.1) is 0 Å². The molecule has 0 radical (unpaired) electrons. The van der Waals surface area contributed by atoms with Crippen molar-refractivity contribution in [1.29, 1.82) is 0 Å². The predicted octanol–water partition coefficient (Wildman–Crippen LogP) is 8.03. The van der Waals surface area contributed by atoms with Gasteiger partial charge in [-0.3, -0.25) is 0 Å². The first-order valence-corrected chi connectivity index (χ1v) is 12.4. The molecule has 0 saturated heterocycles. The molecule has 0 N–H and O–H groups in total. The highest BCUT2D eigenvalue weighted by Crippen LogP contribution is 2.28. The molecule has 4 rings (SSSR count). The Bertz CT molecular complexity index is 1140. The number of fused-ring (bicyclic) bond motifs is 1. The third-order valence-corrected chi connectivity index (χ3v) is 7.00. The zero-order valence-electron chi connectivity index (χ0n) is 20.4. The summed E-state index contributed by atoms with van der Waals surface area (Å²) in [6.07, 6.45) is 12.5. The van der Waals surface area contributed by atoms with Gasteiger partial charge in [-0.25, -0.2) is 15.0 Å². The van der Waals surface area contributed by atoms with Crippen LogP contribution in [0.15, 0.2) is 60.7 Å². The molecular weight excluding hydrogens is 402 g/mol. The van der Waals surface area contributed by atoms with E-state index in [9.17, 15) is 0 Å². The van der Waals surface area contributed by atoms with Crippen LogP contribution in [-0.4, -0.2) is 15.0 Å². The fourth-order valence-corrected chi connectivity index (χ4v) is 4.52. The smallest absolute Gasteiger partial charge is 0.164 e. The van der Waals surface area contributed by atoms with Gasteiger partial charge in [-0.05, 0) is 60.8 Å². The fraction of sp³-hybridized carbons (Fsp3) is 0.367. The van der Waals surface area contributed by atoms with Crippen molar-refractivity contribution in [2.75, 3.05) is 0 Å². The highest BCUT2D eigenvalue weighted by atomic mass is 15.0. The number of nitrogens with zero attached hydrogens (tertiary/aromatic N) is 3. The highest BCUT2D eigenvalue weighted by molar-refractivity contribution is 5.69. The monoisotopic (exact) mass is 437 g/mol. The Balaban J connectivity index is 1.74. The number of hydrogen-bond donors (Lipinski definition) is 0. The van der Waals surface area contributed by atoms with E-state index in [1.54, 1.807) is 0 Å². The second-order valence-corrected chi connectivity index (χ2v) is 9.20. The van der Waals surface area contributed by atoms with Gasteiger partial charge in [0.05, 0.1) is 0 Å². The third-order valence-electron chi connectivity index (χ3n) is 7.00. The lowest BCUT2D eigenvalue weighted by Gasteiger charge is -2.20. The third kappa shape index (κ3) is 5.47. The summed E-state index contributed by atoms with van der Waals surface area (Å²) in [5.41, 5.74) is 5.84. The van der Waals surface area contributed by atoms with E-state index >= 15 is 0 Å². The lowest BCUT2D eigenvalue weighted by atomic mass is 9.86. The lowest BCUT2D eigenvalue weighted by Crippen LogP contribution is -2.09. The molecule has 0 amide bonds. The van der Waals surface area contributed by atoms with Crippen LogP contribution in [0, 0.1) is 11.8 Å². The summed E-state index contributed by atoms with van der Waals surface area (Å²) in [5, 5.41) is 0. The molecule has 1 heterocycles. The van der Waals surface area contributed by atoms with Crippen molar-refractivity contribution in [1.82, 2.24) is 15.0 Å². The van der Waals surface area contributed by atoms with E-state index in [0.717, 1.165) is 59.4 Å². The minimum absolute atomic E-state index is 0.687. The summed E-state index contributed by atoms with van der Waals surface area (Å²) >= 11 is 0. The van der Waals surface area contributed by atoms with Gasteiger partial charge in [0.15, 0.2) is 17.5 Å². The summed E-state index contributed by atoms with van der Waals surface area (Å²) in [7, 11) is 0. The Kier molecular flexibility index (Phi) is 7.49. The van der Waals surface area contributed by atoms with Crippen molar-refractivity contribution in [2.24, 2.45) is 11.8 Å². The normalized spacial score (nSPS) is 15.2. The molecule has 1 aliphatic carbocycles. The molecule has 33 heavy (non-hydrogen) atoms. The van der Waals surface area contributed by atoms with Gasteiger partial charge < -0.3 is 0 Å². The van der Waals surface area contributed by atoms with Crippen LogP contribution in [0.1, 0.15) is 70.3 Å². The number of allylic oxidation sites excluding steroid dienone is 3. The molecule has 170 valence electrons. The Morgan fingerprint density at radius 1 is 0.939 bits per heavy atom. The topological polar surface area (TPSA) is 38.7 Å². The first-order valence-electron chi connectivity index (χ1n) is 12.4. The first kappa shape index (κ1) is 23.1. The maximum Gasteiger partial charge on any atom is 0.164 e. The summed E-state index contributed by atoms with van der Waals surface area (Å²) in [6, 6.07) is 16.8. The zero-order chi connectivity index (χ0) is 23.2. The Morgan fingerprint density at radius 2 is 1.70 bits per heavy atom. The fourth-order valence-electron chi connectivity index (χ4n) is 4.52. The predicted molar refractivity (Wildman–Crippen MR) is 140 cm³/mol. The van der Waals surface area contributed by atoms with Crippen molar-refractivity contribution < 1.29 is 0 Å². The first-order chi connectivity index (χ1) is 16.1. The van der Waals surface area contributed by atoms with Gasteiger partial charge in [0.2, 0.25) is 0 Å². The van der Waals surface area contributed by atoms with Gasteiger partial charge in [0.25, 0.3) is 0 Å². The molecule has 0 fully saturated rings. The van der Waals surface area contributed by atoms with Crippen LogP contribution < -0.4 is 0 Å². The van der Waals surface area contributed by atoms with Crippen LogP contribution in [0.3, 0.4) is 0 Å². The van der Waals surface area contributed by atoms with Crippen molar-refractivity contribution in [3.63, 3.8) is 0 Å². The van der Waals surface area contributed by atoms with Crippen molar-refractivity contribution >= 4 is 11.6 Å². The second-order valence-electron chi connectivity index (χ2n) is 9.20. The van der Waals surface area contributed by atoms with Crippen LogP contribution in [0.2, 0.25) is 0 Å². The minimum Gasteiger partial charge on any atom is -0.209 e. The molecule has 3 nitrogen and oxygen atoms in total. The highest BCUT2D eigenvalue weighted by Gasteiger charge is 2.15. The molecule has 3 aromatic rings. The van der Waals surface area contributed by atoms with Crippen LogP contribution in [-0.2, 0) is 6.42 Å². The maximum absolute atomic E-state index is 4.93. The number of aryl methyl sites for hydroxylation is 1. The van der Waals surface area contributed by atoms with Crippen LogP contribution >= 0.6 is 0 Å². The SMILES string of the molecule is CCC(C/C=C(\C)c1nc(-c2ccccc2)nc(-c2ccc3c(c2)C=CCC3)n1)[C@@H](C)CC. The van der Waals surface area contributed by atoms with E-state index < -0.39 is 0 Å². The molecule has 1 unspecified atom stereocenters. The summed E-state index contributed by atoms with van der Waals surface area (Å²) < 4.78 is 0. The standard InChI is InChI=1S/C30H35N3/c1-5-21(3)23(6-2)17-16-22(4)28-31-29(25-13-8-7-9-14-25)33-30(32-28)27-19-18-24-12-10-11-15-26(24)20-27/h7-9,11,13-16,18-21,23H,5-6,10,12,17H2,1-4H3/b22-16+/t21-,23?/m0/s1. The molecule has 1 aliphatic rings. The van der Waals surface area contributed by atoms with E-state index in [1.165, 1.54) is 24.0 Å². The Hall–Kier alpha value is -3.07. The molecule has 0 saturated carbocycles. The quantitative estimate of drug-likeness (QED) is 0.358. The number of hydrogen-bond acceptors (Lipinski definition) is 3. The van der Waals surface area contributed by atoms with Gasteiger partial charge in [0.1, 0.15) is 0 Å². The van der Waals surface area contributed by atoms with E-state index in [2.05, 4.69) is 76.3 Å². The van der Waals surface area contributed by atoms with Gasteiger partial charge in [0, 0.05) is 11.1 Å². The van der Waals surface area contributed by atoms with Gasteiger partial charge >= 0.3 is 0 Å². The molecule has 1 aromatic heterocycles. The maximum atomic E-state index is 4.93. The lowest BCUT2D eigenvalue weighted by molar-refractivity contribution is 0.341. The summed E-state index contributed by atoms with van der Waals surface area (Å²) in [6.45, 7) is 9.06. The van der Waals surface area contributed by atoms with E-state index in [0.29, 0.717) is 5.92 Å². The van der Waals surface area contributed by atoms with Gasteiger partial charge in [-0.1, -0.05) is 94.3 Å². The molecule has 0 bridgehead atoms. The van der Waals surface area contributed by atoms with Crippen LogP contribution in [0.25, 0.3) is 34.4 Å². The van der Waals surface area contributed by atoms with E-state index in [4.69, 9.17) is 15.0 Å². The van der Waals surface area contributed by atoms with E-state index in [1.807, 2.05) is 18.2 Å². The molecule has 0 aliphatic heterocycles. The zero-order valence-corrected chi connectivity index (χ0v) is 20.4. The van der Waals surface area contributed by atoms with Crippen molar-refractivity contribution in [3.8, 4) is 22.8 Å². The molecule has 2 aromatic carbocycles. The summed E-state index contributed by atoms with van der Waals surface area (Å²) in [5.74, 6) is 3.64. The number of rotatable bonds is 8. The largest absolute Gasteiger partial charge is 0.209 e. The molecule has 2 atom stereocenters. The van der Waals surface area contributed by atoms with Gasteiger partial charge in [-0.2, -0.15) is 0 Å². The van der Waals surface area contributed by atoms with Crippen LogP contribution in [0.5, 0.6) is 0 Å². The average molecular weight is 438 g/mol. The molecular formula is C30H35N3. The second kappa shape index (κ2) is 10.7. The average Bonchev–Trinajstić information content (AvgIpc) is 2.88. The van der Waals surface area contributed by atoms with E-state index in [-0.39, 0.29) is 0 Å². The Labute approximate surface area is 198 Å². The van der Waals surface area contributed by atoms with Crippen molar-refractivity contribution in [2.45, 2.75) is 59.8 Å². The number of aromatic nitrogens is 3. The number of benzene rings is 2.